The summed E-state index contributed by atoms with van der Waals surface area (Å²) in [5, 5.41) is 19.7. The lowest BCUT2D eigenvalue weighted by Crippen LogP contribution is -2.39. The van der Waals surface area contributed by atoms with E-state index in [9.17, 15) is 15.0 Å². The maximum atomic E-state index is 11.6. The summed E-state index contributed by atoms with van der Waals surface area (Å²) in [5.74, 6) is 0. The zero-order valence-electron chi connectivity index (χ0n) is 10.4. The number of H-pyrrole nitrogens is 1. The van der Waals surface area contributed by atoms with Crippen molar-refractivity contribution in [2.45, 2.75) is 31.3 Å². The molecule has 19 heavy (non-hydrogen) atoms. The number of rotatable bonds is 2. The van der Waals surface area contributed by atoms with E-state index in [1.807, 2.05) is 0 Å². The van der Waals surface area contributed by atoms with E-state index < -0.39 is 17.9 Å². The Kier molecular flexibility index (Phi) is 2.70. The summed E-state index contributed by atoms with van der Waals surface area (Å²) in [6, 6.07) is 1.66. The van der Waals surface area contributed by atoms with Crippen LogP contribution in [0, 0.1) is 0 Å². The third kappa shape index (κ3) is 1.78. The molecule has 0 saturated carbocycles. The lowest BCUT2D eigenvalue weighted by atomic mass is 10.0. The molecule has 0 radical (unpaired) electrons. The van der Waals surface area contributed by atoms with Gasteiger partial charge in [-0.1, -0.05) is 0 Å². The number of fused-ring (bicyclic) bond motifs is 1. The van der Waals surface area contributed by atoms with Gasteiger partial charge in [0, 0.05) is 12.6 Å². The minimum Gasteiger partial charge on any atom is -0.393 e. The molecule has 0 amide bonds. The van der Waals surface area contributed by atoms with Crippen LogP contribution in [0.15, 0.2) is 23.4 Å². The molecule has 2 aromatic rings. The van der Waals surface area contributed by atoms with Crippen LogP contribution in [0.1, 0.15) is 19.6 Å². The van der Waals surface area contributed by atoms with Gasteiger partial charge in [0.1, 0.15) is 17.5 Å². The Morgan fingerprint density at radius 1 is 1.68 bits per heavy atom. The predicted octanol–water partition coefficient (Wildman–Crippen LogP) is -0.245. The summed E-state index contributed by atoms with van der Waals surface area (Å²) in [7, 11) is 0. The fourth-order valence-corrected chi connectivity index (χ4v) is 2.41. The number of aliphatic hydroxyl groups is 2. The molecule has 2 aromatic heterocycles. The van der Waals surface area contributed by atoms with Crippen molar-refractivity contribution in [3.05, 3.63) is 28.9 Å². The molecule has 1 saturated heterocycles. The molecule has 1 fully saturated rings. The number of nitrogens with zero attached hydrogens (tertiary/aromatic N) is 2. The fraction of sp³-hybridized carbons (Fsp3) is 0.500. The second-order valence-electron chi connectivity index (χ2n) is 4.99. The normalized spacial score (nSPS) is 31.1. The molecule has 1 aliphatic rings. The van der Waals surface area contributed by atoms with Crippen LogP contribution in [0.5, 0.6) is 0 Å². The van der Waals surface area contributed by atoms with Crippen molar-refractivity contribution >= 4 is 11.0 Å². The number of ether oxygens (including phenoxy) is 1. The molecule has 0 aliphatic carbocycles. The largest absolute Gasteiger partial charge is 0.393 e. The summed E-state index contributed by atoms with van der Waals surface area (Å²) < 4.78 is 7.42. The minimum absolute atomic E-state index is 0.216. The van der Waals surface area contributed by atoms with Crippen molar-refractivity contribution < 1.29 is 14.9 Å². The first-order valence-electron chi connectivity index (χ1n) is 6.06. The van der Waals surface area contributed by atoms with E-state index >= 15 is 0 Å². The van der Waals surface area contributed by atoms with Crippen molar-refractivity contribution in [1.82, 2.24) is 14.5 Å². The molecule has 102 valence electrons. The van der Waals surface area contributed by atoms with Gasteiger partial charge in [0.15, 0.2) is 0 Å². The number of aromatic nitrogens is 3. The second-order valence-corrected chi connectivity index (χ2v) is 4.99. The zero-order chi connectivity index (χ0) is 13.6. The lowest BCUT2D eigenvalue weighted by Gasteiger charge is -2.25. The summed E-state index contributed by atoms with van der Waals surface area (Å²) in [4.78, 5) is 18.2. The van der Waals surface area contributed by atoms with Gasteiger partial charge >= 0.3 is 0 Å². The van der Waals surface area contributed by atoms with Gasteiger partial charge < -0.3 is 24.5 Å². The molecule has 0 bridgehead atoms. The molecule has 3 atom stereocenters. The number of hydrogen-bond acceptors (Lipinski definition) is 5. The van der Waals surface area contributed by atoms with Crippen LogP contribution >= 0.6 is 0 Å². The van der Waals surface area contributed by atoms with Crippen molar-refractivity contribution in [2.75, 3.05) is 6.61 Å². The summed E-state index contributed by atoms with van der Waals surface area (Å²) in [6.45, 7) is 1.39. The van der Waals surface area contributed by atoms with Gasteiger partial charge in [-0.25, -0.2) is 4.98 Å². The molecule has 1 aliphatic heterocycles. The zero-order valence-corrected chi connectivity index (χ0v) is 10.4. The lowest BCUT2D eigenvalue weighted by molar-refractivity contribution is -0.114. The SMILES string of the molecule is C[C@]1(CO)O[C@@H](n2ccc3c(=O)[nH]cnc32)C[C@@H]1O. The second kappa shape index (κ2) is 4.16. The van der Waals surface area contributed by atoms with Crippen LogP contribution in [0.25, 0.3) is 11.0 Å². The molecule has 3 rings (SSSR count). The summed E-state index contributed by atoms with van der Waals surface area (Å²) >= 11 is 0. The number of aromatic amines is 1. The fourth-order valence-electron chi connectivity index (χ4n) is 2.41. The minimum atomic E-state index is -0.984. The van der Waals surface area contributed by atoms with E-state index in [1.54, 1.807) is 23.8 Å². The molecule has 3 N–H and O–H groups in total. The third-order valence-corrected chi connectivity index (χ3v) is 3.67. The Balaban J connectivity index is 2.03. The highest BCUT2D eigenvalue weighted by Crippen LogP contribution is 2.37. The quantitative estimate of drug-likeness (QED) is 0.695. The highest BCUT2D eigenvalue weighted by Gasteiger charge is 2.44. The van der Waals surface area contributed by atoms with E-state index in [0.29, 0.717) is 17.5 Å². The van der Waals surface area contributed by atoms with E-state index in [0.717, 1.165) is 0 Å². The van der Waals surface area contributed by atoms with Crippen molar-refractivity contribution in [2.24, 2.45) is 0 Å². The molecule has 0 spiro atoms. The Hall–Kier alpha value is -1.70. The van der Waals surface area contributed by atoms with Gasteiger partial charge in [-0.3, -0.25) is 4.79 Å². The first kappa shape index (κ1) is 12.3. The molecular weight excluding hydrogens is 250 g/mol. The summed E-state index contributed by atoms with van der Waals surface area (Å²) in [6.07, 6.45) is 2.17. The van der Waals surface area contributed by atoms with Crippen LogP contribution in [0.2, 0.25) is 0 Å². The van der Waals surface area contributed by atoms with Gasteiger partial charge in [0.25, 0.3) is 5.56 Å². The van der Waals surface area contributed by atoms with Gasteiger partial charge in [-0.2, -0.15) is 0 Å². The summed E-state index contributed by atoms with van der Waals surface area (Å²) in [5.41, 5.74) is -0.696. The first-order valence-corrected chi connectivity index (χ1v) is 6.06. The van der Waals surface area contributed by atoms with Gasteiger partial charge in [-0.15, -0.1) is 0 Å². The Bertz CT molecular complexity index is 664. The smallest absolute Gasteiger partial charge is 0.260 e. The van der Waals surface area contributed by atoms with Crippen LogP contribution < -0.4 is 5.56 Å². The predicted molar refractivity (Wildman–Crippen MR) is 66.6 cm³/mol. The molecule has 7 nitrogen and oxygen atoms in total. The highest BCUT2D eigenvalue weighted by molar-refractivity contribution is 5.74. The average Bonchev–Trinajstić information content (AvgIpc) is 2.94. The Morgan fingerprint density at radius 2 is 2.47 bits per heavy atom. The van der Waals surface area contributed by atoms with E-state index in [2.05, 4.69) is 9.97 Å². The van der Waals surface area contributed by atoms with Gasteiger partial charge in [0.2, 0.25) is 0 Å². The van der Waals surface area contributed by atoms with Gasteiger partial charge in [0.05, 0.1) is 24.4 Å². The Labute approximate surface area is 108 Å². The number of hydrogen-bond donors (Lipinski definition) is 3. The Morgan fingerprint density at radius 3 is 3.16 bits per heavy atom. The van der Waals surface area contributed by atoms with Crippen molar-refractivity contribution in [3.8, 4) is 0 Å². The van der Waals surface area contributed by atoms with Crippen LogP contribution in [-0.2, 0) is 4.74 Å². The van der Waals surface area contributed by atoms with Gasteiger partial charge in [-0.05, 0) is 13.0 Å². The molecular formula is C12H15N3O4. The van der Waals surface area contributed by atoms with Crippen LogP contribution in [0.3, 0.4) is 0 Å². The highest BCUT2D eigenvalue weighted by atomic mass is 16.6. The topological polar surface area (TPSA) is 100 Å². The van der Waals surface area contributed by atoms with E-state index in [4.69, 9.17) is 4.74 Å². The first-order chi connectivity index (χ1) is 9.05. The molecule has 0 aromatic carbocycles. The molecule has 0 unspecified atom stereocenters. The number of aliphatic hydroxyl groups excluding tert-OH is 2. The maximum absolute atomic E-state index is 11.6. The van der Waals surface area contributed by atoms with Crippen molar-refractivity contribution in [1.29, 1.82) is 0 Å². The van der Waals surface area contributed by atoms with E-state index in [1.165, 1.54) is 6.33 Å². The van der Waals surface area contributed by atoms with Crippen LogP contribution in [0.4, 0.5) is 0 Å². The average molecular weight is 265 g/mol. The third-order valence-electron chi connectivity index (χ3n) is 3.67. The van der Waals surface area contributed by atoms with Crippen LogP contribution in [-0.4, -0.2) is 43.1 Å². The number of nitrogens with one attached hydrogen (secondary N) is 1. The maximum Gasteiger partial charge on any atom is 0.260 e. The molecule has 7 heteroatoms. The van der Waals surface area contributed by atoms with E-state index in [-0.39, 0.29) is 12.2 Å². The monoisotopic (exact) mass is 265 g/mol. The molecule has 3 heterocycles. The van der Waals surface area contributed by atoms with Crippen molar-refractivity contribution in [3.63, 3.8) is 0 Å². The standard InChI is InChI=1S/C12H15N3O4/c1-12(5-16)8(17)4-9(19-12)15-3-2-7-10(15)13-6-14-11(7)18/h2-3,6,8-9,16-17H,4-5H2,1H3,(H,13,14,18)/t8-,9+,12+/m0/s1.